The number of thiocarbonyl (C=S) groups is 1. The van der Waals surface area contributed by atoms with Crippen LogP contribution in [0.5, 0.6) is 5.75 Å². The molecule has 0 spiro atoms. The fourth-order valence-electron chi connectivity index (χ4n) is 1.42. The maximum Gasteiger partial charge on any atom is 0.218 e. The number of hydrogen-bond donors (Lipinski definition) is 2. The Morgan fingerprint density at radius 3 is 2.83 bits per heavy atom. The van der Waals surface area contributed by atoms with Crippen LogP contribution in [0.15, 0.2) is 24.3 Å². The zero-order chi connectivity index (χ0) is 13.6. The maximum absolute atomic E-state index is 11.5. The highest BCUT2D eigenvalue weighted by atomic mass is 32.2. The molecule has 0 unspecified atom stereocenters. The van der Waals surface area contributed by atoms with Gasteiger partial charge in [0.05, 0.1) is 12.1 Å². The van der Waals surface area contributed by atoms with Crippen LogP contribution in [0.2, 0.25) is 0 Å². The fourth-order valence-corrected chi connectivity index (χ4v) is 2.77. The Balaban J connectivity index is 2.48. The van der Waals surface area contributed by atoms with Crippen molar-refractivity contribution in [3.05, 3.63) is 29.8 Å². The van der Waals surface area contributed by atoms with E-state index in [4.69, 9.17) is 10.5 Å². The number of nitrogens with one attached hydrogen (secondary N) is 1. The van der Waals surface area contributed by atoms with Gasteiger partial charge in [0.1, 0.15) is 11.5 Å². The Bertz CT molecular complexity index is 515. The van der Waals surface area contributed by atoms with Gasteiger partial charge in [-0.05, 0) is 24.1 Å². The third-order valence-electron chi connectivity index (χ3n) is 2.20. The predicted molar refractivity (Wildman–Crippen MR) is 75.3 cm³/mol. The third-order valence-corrected chi connectivity index (χ3v) is 3.86. The quantitative estimate of drug-likeness (QED) is 0.712. The Morgan fingerprint density at radius 2 is 2.22 bits per heavy atom. The second kappa shape index (κ2) is 6.67. The minimum Gasteiger partial charge on any atom is -0.497 e. The molecular weight excluding hydrogens is 272 g/mol. The van der Waals surface area contributed by atoms with Crippen LogP contribution in [0.3, 0.4) is 0 Å². The van der Waals surface area contributed by atoms with E-state index >= 15 is 0 Å². The van der Waals surface area contributed by atoms with Gasteiger partial charge in [-0.1, -0.05) is 24.4 Å². The number of methoxy groups -OCH3 is 1. The van der Waals surface area contributed by atoms with E-state index in [0.29, 0.717) is 13.0 Å². The normalized spacial score (nSPS) is 11.2. The second-order valence-corrected chi connectivity index (χ2v) is 6.05. The van der Waals surface area contributed by atoms with Gasteiger partial charge in [0.15, 0.2) is 0 Å². The van der Waals surface area contributed by atoms with Crippen LogP contribution in [-0.4, -0.2) is 32.8 Å². The molecule has 0 aliphatic carbocycles. The van der Waals surface area contributed by atoms with Crippen molar-refractivity contribution in [2.24, 2.45) is 5.73 Å². The number of rotatable bonds is 7. The lowest BCUT2D eigenvalue weighted by Gasteiger charge is -2.07. The van der Waals surface area contributed by atoms with Crippen LogP contribution >= 0.6 is 12.2 Å². The van der Waals surface area contributed by atoms with Crippen molar-refractivity contribution < 1.29 is 13.2 Å². The zero-order valence-electron chi connectivity index (χ0n) is 10.0. The van der Waals surface area contributed by atoms with Crippen LogP contribution in [0, 0.1) is 0 Å². The van der Waals surface area contributed by atoms with Crippen LogP contribution < -0.4 is 15.2 Å². The van der Waals surface area contributed by atoms with Crippen molar-refractivity contribution in [3.63, 3.8) is 0 Å². The lowest BCUT2D eigenvalue weighted by molar-refractivity contribution is 0.414. The van der Waals surface area contributed by atoms with E-state index in [1.165, 1.54) is 0 Å². The van der Waals surface area contributed by atoms with Gasteiger partial charge < -0.3 is 10.5 Å². The zero-order valence-corrected chi connectivity index (χ0v) is 11.7. The molecule has 0 saturated carbocycles. The van der Waals surface area contributed by atoms with Gasteiger partial charge in [-0.25, -0.2) is 13.1 Å². The summed E-state index contributed by atoms with van der Waals surface area (Å²) < 4.78 is 30.4. The summed E-state index contributed by atoms with van der Waals surface area (Å²) in [4.78, 5) is -0.0381. The topological polar surface area (TPSA) is 81.4 Å². The highest BCUT2D eigenvalue weighted by molar-refractivity contribution is 7.92. The number of ether oxygens (including phenoxy) is 1. The highest BCUT2D eigenvalue weighted by Crippen LogP contribution is 2.12. The molecule has 0 amide bonds. The molecular formula is C11H16N2O3S2. The summed E-state index contributed by atoms with van der Waals surface area (Å²) in [5.74, 6) is 0.430. The van der Waals surface area contributed by atoms with E-state index in [-0.39, 0.29) is 10.7 Å². The monoisotopic (exact) mass is 288 g/mol. The van der Waals surface area contributed by atoms with Gasteiger partial charge in [0.25, 0.3) is 0 Å². The highest BCUT2D eigenvalue weighted by Gasteiger charge is 2.10. The largest absolute Gasteiger partial charge is 0.497 e. The van der Waals surface area contributed by atoms with Crippen LogP contribution in [0.4, 0.5) is 0 Å². The molecule has 0 radical (unpaired) electrons. The predicted octanol–water partition coefficient (Wildman–Crippen LogP) is 0.443. The van der Waals surface area contributed by atoms with E-state index in [2.05, 4.69) is 16.9 Å². The van der Waals surface area contributed by atoms with Crippen molar-refractivity contribution in [1.82, 2.24) is 4.72 Å². The fraction of sp³-hybridized carbons (Fsp3) is 0.364. The Hall–Kier alpha value is -1.18. The van der Waals surface area contributed by atoms with Crippen molar-refractivity contribution in [3.8, 4) is 5.75 Å². The molecule has 0 aromatic heterocycles. The molecule has 0 heterocycles. The van der Waals surface area contributed by atoms with Crippen molar-refractivity contribution in [1.29, 1.82) is 0 Å². The van der Waals surface area contributed by atoms with E-state index in [1.807, 2.05) is 24.3 Å². The Morgan fingerprint density at radius 1 is 1.50 bits per heavy atom. The number of sulfonamides is 1. The third kappa shape index (κ3) is 5.44. The average molecular weight is 288 g/mol. The van der Waals surface area contributed by atoms with Gasteiger partial charge in [0.2, 0.25) is 10.0 Å². The molecule has 0 fully saturated rings. The van der Waals surface area contributed by atoms with Gasteiger partial charge in [-0.15, -0.1) is 0 Å². The lowest BCUT2D eigenvalue weighted by atomic mass is 10.1. The van der Waals surface area contributed by atoms with Gasteiger partial charge in [0, 0.05) is 6.54 Å². The molecule has 0 aliphatic rings. The summed E-state index contributed by atoms with van der Waals surface area (Å²) >= 11 is 4.56. The van der Waals surface area contributed by atoms with E-state index in [9.17, 15) is 8.42 Å². The first-order valence-electron chi connectivity index (χ1n) is 5.31. The van der Waals surface area contributed by atoms with Crippen molar-refractivity contribution in [2.75, 3.05) is 19.4 Å². The molecule has 0 bridgehead atoms. The van der Waals surface area contributed by atoms with Gasteiger partial charge >= 0.3 is 0 Å². The molecule has 7 heteroatoms. The first-order valence-corrected chi connectivity index (χ1v) is 7.37. The smallest absolute Gasteiger partial charge is 0.218 e. The molecule has 100 valence electrons. The summed E-state index contributed by atoms with van der Waals surface area (Å²) in [7, 11) is -1.83. The summed E-state index contributed by atoms with van der Waals surface area (Å²) in [6.07, 6.45) is 0.577. The minimum atomic E-state index is -3.41. The molecule has 0 saturated heterocycles. The first-order chi connectivity index (χ1) is 8.43. The number of hydrogen-bond acceptors (Lipinski definition) is 4. The first kappa shape index (κ1) is 14.9. The summed E-state index contributed by atoms with van der Waals surface area (Å²) in [6, 6.07) is 7.46. The number of benzene rings is 1. The van der Waals surface area contributed by atoms with Crippen molar-refractivity contribution in [2.45, 2.75) is 6.42 Å². The molecule has 0 atom stereocenters. The summed E-state index contributed by atoms with van der Waals surface area (Å²) in [6.45, 7) is 0.304. The maximum atomic E-state index is 11.5. The lowest BCUT2D eigenvalue weighted by Crippen LogP contribution is -2.33. The molecule has 1 rings (SSSR count). The molecule has 1 aromatic rings. The average Bonchev–Trinajstić information content (AvgIpc) is 2.27. The van der Waals surface area contributed by atoms with E-state index in [0.717, 1.165) is 11.3 Å². The summed E-state index contributed by atoms with van der Waals surface area (Å²) in [5, 5.41) is 0. The standard InChI is InChI=1S/C11H16N2O3S2/c1-16-10-4-2-3-9(7-10)5-6-13-18(14,15)8-11(12)17/h2-4,7,13H,5-6,8H2,1H3,(H2,12,17). The van der Waals surface area contributed by atoms with E-state index in [1.54, 1.807) is 7.11 Å². The molecule has 3 N–H and O–H groups in total. The van der Waals surface area contributed by atoms with Gasteiger partial charge in [-0.3, -0.25) is 0 Å². The SMILES string of the molecule is COc1cccc(CCNS(=O)(=O)CC(N)=S)c1. The minimum absolute atomic E-state index is 0.0381. The Labute approximate surface area is 112 Å². The van der Waals surface area contributed by atoms with Crippen LogP contribution in [0.25, 0.3) is 0 Å². The second-order valence-electron chi connectivity index (χ2n) is 3.72. The Kier molecular flexibility index (Phi) is 5.52. The number of nitrogens with two attached hydrogens (primary N) is 1. The van der Waals surface area contributed by atoms with Gasteiger partial charge in [-0.2, -0.15) is 0 Å². The molecule has 5 nitrogen and oxygen atoms in total. The summed E-state index contributed by atoms with van der Waals surface area (Å²) in [5.41, 5.74) is 6.19. The molecule has 18 heavy (non-hydrogen) atoms. The van der Waals surface area contributed by atoms with Crippen LogP contribution in [0.1, 0.15) is 5.56 Å². The van der Waals surface area contributed by atoms with Crippen LogP contribution in [-0.2, 0) is 16.4 Å². The van der Waals surface area contributed by atoms with Crippen molar-refractivity contribution >= 4 is 27.2 Å². The van der Waals surface area contributed by atoms with E-state index < -0.39 is 10.0 Å². The molecule has 0 aliphatic heterocycles. The molecule has 1 aromatic carbocycles.